The Morgan fingerprint density at radius 3 is 2.91 bits per heavy atom. The van der Waals surface area contributed by atoms with Gasteiger partial charge in [-0.1, -0.05) is 6.07 Å². The highest BCUT2D eigenvalue weighted by Crippen LogP contribution is 2.25. The molecule has 6 nitrogen and oxygen atoms in total. The van der Waals surface area contributed by atoms with Crippen LogP contribution in [0.1, 0.15) is 12.8 Å². The van der Waals surface area contributed by atoms with Crippen LogP contribution in [0.15, 0.2) is 26.7 Å². The summed E-state index contributed by atoms with van der Waals surface area (Å²) in [6.45, 7) is 1.70. The van der Waals surface area contributed by atoms with E-state index in [4.69, 9.17) is 0 Å². The maximum atomic E-state index is 11.9. The van der Waals surface area contributed by atoms with Crippen molar-refractivity contribution in [3.63, 3.8) is 0 Å². The van der Waals surface area contributed by atoms with E-state index in [0.29, 0.717) is 28.5 Å². The number of thioether (sulfide) groups is 1. The fraction of sp³-hybridized carbons (Fsp3) is 0.615. The summed E-state index contributed by atoms with van der Waals surface area (Å²) >= 11 is 3.20. The zero-order valence-corrected chi connectivity index (χ0v) is 15.0. The summed E-state index contributed by atoms with van der Waals surface area (Å²) in [6.07, 6.45) is 2.53. The Labute approximate surface area is 140 Å². The van der Waals surface area contributed by atoms with E-state index in [0.717, 1.165) is 6.54 Å². The third-order valence-electron chi connectivity index (χ3n) is 3.21. The lowest BCUT2D eigenvalue weighted by Gasteiger charge is -2.14. The zero-order valence-electron chi connectivity index (χ0n) is 12.5. The number of sulfonamides is 1. The van der Waals surface area contributed by atoms with Crippen LogP contribution < -0.4 is 15.4 Å². The number of hydrogen-bond donors (Lipinski definition) is 3. The van der Waals surface area contributed by atoms with E-state index in [-0.39, 0.29) is 0 Å². The van der Waals surface area contributed by atoms with Crippen molar-refractivity contribution in [2.45, 2.75) is 22.3 Å². The molecule has 1 aliphatic rings. The Hall–Kier alpha value is -0.770. The number of aliphatic imine (C=N–C) groups is 1. The normalized spacial score (nSPS) is 19.3. The van der Waals surface area contributed by atoms with Gasteiger partial charge in [0.05, 0.1) is 0 Å². The largest absolute Gasteiger partial charge is 0.355 e. The predicted octanol–water partition coefficient (Wildman–Crippen LogP) is 1.09. The van der Waals surface area contributed by atoms with E-state index in [1.54, 1.807) is 24.6 Å². The Kier molecular flexibility index (Phi) is 7.00. The molecule has 1 atom stereocenters. The van der Waals surface area contributed by atoms with Gasteiger partial charge in [-0.05, 0) is 30.0 Å². The average Bonchev–Trinajstić information content (AvgIpc) is 3.20. The van der Waals surface area contributed by atoms with Crippen molar-refractivity contribution in [1.29, 1.82) is 0 Å². The molecular formula is C13H22N4O2S3. The topological polar surface area (TPSA) is 82.6 Å². The molecule has 1 fully saturated rings. The Bertz CT molecular complexity index is 566. The molecule has 1 saturated heterocycles. The Balaban J connectivity index is 1.66. The maximum Gasteiger partial charge on any atom is 0.250 e. The van der Waals surface area contributed by atoms with Crippen molar-refractivity contribution in [3.05, 3.63) is 17.5 Å². The van der Waals surface area contributed by atoms with Gasteiger partial charge in [0.15, 0.2) is 5.96 Å². The van der Waals surface area contributed by atoms with E-state index in [1.807, 2.05) is 11.8 Å². The van der Waals surface area contributed by atoms with Gasteiger partial charge in [0.2, 0.25) is 10.0 Å². The van der Waals surface area contributed by atoms with Gasteiger partial charge < -0.3 is 10.6 Å². The molecule has 0 saturated carbocycles. The Morgan fingerprint density at radius 1 is 1.41 bits per heavy atom. The minimum Gasteiger partial charge on any atom is -0.355 e. The summed E-state index contributed by atoms with van der Waals surface area (Å²) < 4.78 is 26.8. The molecule has 1 unspecified atom stereocenters. The predicted molar refractivity (Wildman–Crippen MR) is 94.4 cm³/mol. The number of rotatable bonds is 7. The van der Waals surface area contributed by atoms with E-state index >= 15 is 0 Å². The van der Waals surface area contributed by atoms with Crippen LogP contribution in [0.25, 0.3) is 0 Å². The first-order valence-electron chi connectivity index (χ1n) is 7.21. The summed E-state index contributed by atoms with van der Waals surface area (Å²) in [5, 5.41) is 8.80. The molecule has 1 aliphatic heterocycles. The van der Waals surface area contributed by atoms with Crippen LogP contribution in [0, 0.1) is 0 Å². The lowest BCUT2D eigenvalue weighted by Crippen LogP contribution is -2.43. The molecular weight excluding hydrogens is 340 g/mol. The van der Waals surface area contributed by atoms with Crippen LogP contribution >= 0.6 is 23.1 Å². The minimum absolute atomic E-state index is 0.319. The summed E-state index contributed by atoms with van der Waals surface area (Å²) in [5.74, 6) is 1.95. The molecule has 0 bridgehead atoms. The van der Waals surface area contributed by atoms with Crippen molar-refractivity contribution in [3.8, 4) is 0 Å². The Morgan fingerprint density at radius 2 is 2.27 bits per heavy atom. The molecule has 1 aromatic rings. The lowest BCUT2D eigenvalue weighted by molar-refractivity contribution is 0.582. The molecule has 0 amide bonds. The van der Waals surface area contributed by atoms with Crippen molar-refractivity contribution in [2.75, 3.05) is 32.4 Å². The minimum atomic E-state index is -3.38. The lowest BCUT2D eigenvalue weighted by atomic mass is 10.2. The molecule has 22 heavy (non-hydrogen) atoms. The van der Waals surface area contributed by atoms with Crippen LogP contribution in [0.3, 0.4) is 0 Å². The van der Waals surface area contributed by atoms with Gasteiger partial charge in [0.1, 0.15) is 4.21 Å². The molecule has 2 rings (SSSR count). The molecule has 9 heteroatoms. The van der Waals surface area contributed by atoms with Crippen LogP contribution in [0.5, 0.6) is 0 Å². The third-order valence-corrected chi connectivity index (χ3v) is 7.47. The summed E-state index contributed by atoms with van der Waals surface area (Å²) in [4.78, 5) is 4.14. The molecule has 0 aromatic carbocycles. The summed E-state index contributed by atoms with van der Waals surface area (Å²) in [5.41, 5.74) is 0. The fourth-order valence-electron chi connectivity index (χ4n) is 2.09. The zero-order chi connectivity index (χ0) is 15.8. The highest BCUT2D eigenvalue weighted by molar-refractivity contribution is 8.00. The maximum absolute atomic E-state index is 11.9. The van der Waals surface area contributed by atoms with Gasteiger partial charge in [-0.3, -0.25) is 4.99 Å². The van der Waals surface area contributed by atoms with Crippen LogP contribution in [0.4, 0.5) is 0 Å². The van der Waals surface area contributed by atoms with Gasteiger partial charge in [-0.25, -0.2) is 13.1 Å². The van der Waals surface area contributed by atoms with E-state index < -0.39 is 10.0 Å². The van der Waals surface area contributed by atoms with Crippen molar-refractivity contribution in [2.24, 2.45) is 4.99 Å². The van der Waals surface area contributed by atoms with Gasteiger partial charge in [-0.2, -0.15) is 11.8 Å². The molecule has 3 N–H and O–H groups in total. The second-order valence-electron chi connectivity index (χ2n) is 4.84. The molecule has 1 aromatic heterocycles. The second-order valence-corrected chi connectivity index (χ2v) is 9.19. The quantitative estimate of drug-likeness (QED) is 0.384. The van der Waals surface area contributed by atoms with Gasteiger partial charge in [0.25, 0.3) is 0 Å². The van der Waals surface area contributed by atoms with Crippen molar-refractivity contribution < 1.29 is 8.42 Å². The fourth-order valence-corrected chi connectivity index (χ4v) is 5.36. The SMILES string of the molecule is CN=C(NCCNS(=O)(=O)c1cccs1)NCC1CCCS1. The molecule has 124 valence electrons. The van der Waals surface area contributed by atoms with Gasteiger partial charge in [0, 0.05) is 31.9 Å². The second kappa shape index (κ2) is 8.76. The van der Waals surface area contributed by atoms with Crippen LogP contribution in [-0.4, -0.2) is 52.1 Å². The van der Waals surface area contributed by atoms with Crippen molar-refractivity contribution in [1.82, 2.24) is 15.4 Å². The first-order valence-corrected chi connectivity index (χ1v) is 10.6. The first kappa shape index (κ1) is 17.6. The van der Waals surface area contributed by atoms with E-state index in [1.165, 1.54) is 29.9 Å². The number of nitrogens with zero attached hydrogens (tertiary/aromatic N) is 1. The number of thiophene rings is 1. The highest BCUT2D eigenvalue weighted by Gasteiger charge is 2.16. The van der Waals surface area contributed by atoms with Crippen LogP contribution in [-0.2, 0) is 10.0 Å². The standard InChI is InChI=1S/C13H22N4O2S3/c1-14-13(16-10-11-4-2-8-20-11)15-6-7-17-22(18,19)12-5-3-9-21-12/h3,5,9,11,17H,2,4,6-8,10H2,1H3,(H2,14,15,16). The van der Waals surface area contributed by atoms with Crippen LogP contribution in [0.2, 0.25) is 0 Å². The number of nitrogens with one attached hydrogen (secondary N) is 3. The number of guanidine groups is 1. The number of hydrogen-bond acceptors (Lipinski definition) is 5. The molecule has 0 radical (unpaired) electrons. The first-order chi connectivity index (χ1) is 10.6. The summed E-state index contributed by atoms with van der Waals surface area (Å²) in [6, 6.07) is 3.32. The monoisotopic (exact) mass is 362 g/mol. The molecule has 2 heterocycles. The van der Waals surface area contributed by atoms with E-state index in [2.05, 4.69) is 20.3 Å². The molecule has 0 aliphatic carbocycles. The van der Waals surface area contributed by atoms with E-state index in [9.17, 15) is 8.42 Å². The van der Waals surface area contributed by atoms with Crippen molar-refractivity contribution >= 4 is 39.1 Å². The highest BCUT2D eigenvalue weighted by atomic mass is 32.2. The average molecular weight is 363 g/mol. The van der Waals surface area contributed by atoms with Gasteiger partial charge in [-0.15, -0.1) is 11.3 Å². The third kappa shape index (κ3) is 5.45. The smallest absolute Gasteiger partial charge is 0.250 e. The van der Waals surface area contributed by atoms with Gasteiger partial charge >= 0.3 is 0 Å². The summed E-state index contributed by atoms with van der Waals surface area (Å²) in [7, 11) is -1.67. The molecule has 0 spiro atoms.